The summed E-state index contributed by atoms with van der Waals surface area (Å²) in [6.07, 6.45) is 3.62. The van der Waals surface area contributed by atoms with Crippen LogP contribution in [0.25, 0.3) is 0 Å². The molecule has 3 rings (SSSR count). The van der Waals surface area contributed by atoms with Gasteiger partial charge in [-0.15, -0.1) is 0 Å². The molecule has 0 aliphatic carbocycles. The van der Waals surface area contributed by atoms with E-state index in [2.05, 4.69) is 20.8 Å². The molecule has 2 N–H and O–H groups in total. The van der Waals surface area contributed by atoms with Crippen LogP contribution in [0.5, 0.6) is 0 Å². The van der Waals surface area contributed by atoms with E-state index in [0.29, 0.717) is 50.2 Å². The summed E-state index contributed by atoms with van der Waals surface area (Å²) in [7, 11) is 0. The van der Waals surface area contributed by atoms with Crippen LogP contribution in [0.4, 0.5) is 0 Å². The molecule has 1 aromatic rings. The Morgan fingerprint density at radius 2 is 2.00 bits per heavy atom. The second-order valence-corrected chi connectivity index (χ2v) is 5.85. The molecule has 2 aliphatic rings. The topological polar surface area (TPSA) is 104 Å². The van der Waals surface area contributed by atoms with Crippen molar-refractivity contribution in [2.75, 3.05) is 13.1 Å². The lowest BCUT2D eigenvalue weighted by molar-refractivity contribution is -0.125. The first-order valence-corrected chi connectivity index (χ1v) is 8.00. The minimum atomic E-state index is -0.195. The van der Waals surface area contributed by atoms with Crippen LogP contribution in [0.2, 0.25) is 0 Å². The van der Waals surface area contributed by atoms with Gasteiger partial charge in [0.05, 0.1) is 0 Å². The number of hydrogen-bond acceptors (Lipinski definition) is 5. The number of pyridine rings is 1. The zero-order valence-electron chi connectivity index (χ0n) is 13.2. The van der Waals surface area contributed by atoms with Gasteiger partial charge in [-0.2, -0.15) is 5.10 Å². The molecule has 1 aromatic heterocycles. The van der Waals surface area contributed by atoms with Crippen molar-refractivity contribution in [1.29, 1.82) is 0 Å². The molecule has 1 saturated heterocycles. The van der Waals surface area contributed by atoms with Crippen molar-refractivity contribution in [2.45, 2.75) is 31.7 Å². The lowest BCUT2D eigenvalue weighted by atomic mass is 10.0. The average molecular weight is 329 g/mol. The quantitative estimate of drug-likeness (QED) is 0.819. The summed E-state index contributed by atoms with van der Waals surface area (Å²) in [6.45, 7) is 1.11. The Morgan fingerprint density at radius 1 is 1.21 bits per heavy atom. The van der Waals surface area contributed by atoms with Crippen LogP contribution in [0.1, 0.15) is 36.2 Å². The minimum absolute atomic E-state index is 0.0246. The fourth-order valence-electron chi connectivity index (χ4n) is 2.79. The Labute approximate surface area is 139 Å². The normalized spacial score (nSPS) is 18.6. The maximum Gasteiger partial charge on any atom is 0.270 e. The van der Waals surface area contributed by atoms with Crippen molar-refractivity contribution in [2.24, 2.45) is 5.10 Å². The van der Waals surface area contributed by atoms with Gasteiger partial charge >= 0.3 is 0 Å². The number of carbonyl (C=O) groups is 3. The fourth-order valence-corrected chi connectivity index (χ4v) is 2.79. The standard InChI is InChI=1S/C16H19N5O3/c22-14-5-4-13(19-20-14)16(24)21-9-6-11(7-10-21)18-15(23)12-3-1-2-8-17-12/h1-3,8,11H,4-7,9-10H2,(H,18,23)(H,20,22). The molecule has 0 unspecified atom stereocenters. The van der Waals surface area contributed by atoms with Crippen LogP contribution in [-0.2, 0) is 9.59 Å². The molecule has 0 radical (unpaired) electrons. The maximum atomic E-state index is 12.4. The Kier molecular flexibility index (Phi) is 4.83. The molecule has 24 heavy (non-hydrogen) atoms. The van der Waals surface area contributed by atoms with Crippen LogP contribution in [-0.4, -0.2) is 52.4 Å². The molecule has 0 saturated carbocycles. The largest absolute Gasteiger partial charge is 0.348 e. The molecule has 3 heterocycles. The molecule has 1 fully saturated rings. The first-order valence-electron chi connectivity index (χ1n) is 8.00. The zero-order chi connectivity index (χ0) is 16.9. The van der Waals surface area contributed by atoms with E-state index in [4.69, 9.17) is 0 Å². The van der Waals surface area contributed by atoms with Crippen LogP contribution >= 0.6 is 0 Å². The highest BCUT2D eigenvalue weighted by Gasteiger charge is 2.28. The van der Waals surface area contributed by atoms with Gasteiger partial charge in [0.25, 0.3) is 11.8 Å². The van der Waals surface area contributed by atoms with Crippen LogP contribution in [0, 0.1) is 0 Å². The van der Waals surface area contributed by atoms with E-state index in [1.807, 2.05) is 0 Å². The summed E-state index contributed by atoms with van der Waals surface area (Å²) < 4.78 is 0. The number of rotatable bonds is 3. The van der Waals surface area contributed by atoms with E-state index in [1.54, 1.807) is 29.3 Å². The lowest BCUT2D eigenvalue weighted by Gasteiger charge is -2.32. The number of piperidine rings is 1. The number of hydrogen-bond donors (Lipinski definition) is 2. The summed E-state index contributed by atoms with van der Waals surface area (Å²) >= 11 is 0. The summed E-state index contributed by atoms with van der Waals surface area (Å²) in [5.41, 5.74) is 3.13. The molecule has 0 atom stereocenters. The van der Waals surface area contributed by atoms with Gasteiger partial charge in [-0.1, -0.05) is 6.07 Å². The number of aromatic nitrogens is 1. The van der Waals surface area contributed by atoms with E-state index < -0.39 is 0 Å². The Balaban J connectivity index is 1.50. The van der Waals surface area contributed by atoms with Gasteiger partial charge in [0.1, 0.15) is 11.4 Å². The number of nitrogens with one attached hydrogen (secondary N) is 2. The van der Waals surface area contributed by atoms with Crippen LogP contribution in [0.15, 0.2) is 29.5 Å². The summed E-state index contributed by atoms with van der Waals surface area (Å²) in [5, 5.41) is 6.79. The van der Waals surface area contributed by atoms with Crippen molar-refractivity contribution in [3.8, 4) is 0 Å². The first kappa shape index (κ1) is 16.1. The molecule has 3 amide bonds. The number of likely N-dealkylation sites (tertiary alicyclic amines) is 1. The summed E-state index contributed by atoms with van der Waals surface area (Å²) in [6, 6.07) is 5.23. The number of amides is 3. The van der Waals surface area contributed by atoms with Crippen molar-refractivity contribution in [3.05, 3.63) is 30.1 Å². The highest BCUT2D eigenvalue weighted by atomic mass is 16.2. The van der Waals surface area contributed by atoms with Gasteiger partial charge in [0, 0.05) is 38.2 Å². The highest BCUT2D eigenvalue weighted by Crippen LogP contribution is 2.13. The monoisotopic (exact) mass is 329 g/mol. The van der Waals surface area contributed by atoms with E-state index in [9.17, 15) is 14.4 Å². The van der Waals surface area contributed by atoms with Gasteiger partial charge in [0.2, 0.25) is 5.91 Å². The van der Waals surface area contributed by atoms with Crippen molar-refractivity contribution in [1.82, 2.24) is 20.6 Å². The molecule has 8 heteroatoms. The van der Waals surface area contributed by atoms with E-state index >= 15 is 0 Å². The van der Waals surface area contributed by atoms with Crippen molar-refractivity contribution >= 4 is 23.4 Å². The van der Waals surface area contributed by atoms with Gasteiger partial charge in [0.15, 0.2) is 0 Å². The third kappa shape index (κ3) is 3.76. The summed E-state index contributed by atoms with van der Waals surface area (Å²) in [4.78, 5) is 41.3. The van der Waals surface area contributed by atoms with E-state index in [1.165, 1.54) is 0 Å². The second kappa shape index (κ2) is 7.20. The third-order valence-electron chi connectivity index (χ3n) is 4.17. The lowest BCUT2D eigenvalue weighted by Crippen LogP contribution is -2.49. The molecule has 126 valence electrons. The molecular formula is C16H19N5O3. The van der Waals surface area contributed by atoms with Crippen LogP contribution in [0.3, 0.4) is 0 Å². The van der Waals surface area contributed by atoms with E-state index in [0.717, 1.165) is 0 Å². The predicted octanol–water partition coefficient (Wildman–Crippen LogP) is 0.0684. The number of carbonyl (C=O) groups excluding carboxylic acids is 3. The van der Waals surface area contributed by atoms with Gasteiger partial charge in [-0.25, -0.2) is 5.43 Å². The van der Waals surface area contributed by atoms with E-state index in [-0.39, 0.29) is 23.8 Å². The smallest absolute Gasteiger partial charge is 0.270 e. The first-order chi connectivity index (χ1) is 11.6. The average Bonchev–Trinajstić information content (AvgIpc) is 2.63. The highest BCUT2D eigenvalue weighted by molar-refractivity contribution is 6.39. The SMILES string of the molecule is O=C1CCC(C(=O)N2CCC(NC(=O)c3ccccn3)CC2)=NN1. The van der Waals surface area contributed by atoms with Crippen LogP contribution < -0.4 is 10.7 Å². The zero-order valence-corrected chi connectivity index (χ0v) is 13.2. The van der Waals surface area contributed by atoms with Gasteiger partial charge in [-0.05, 0) is 25.0 Å². The van der Waals surface area contributed by atoms with Gasteiger partial charge < -0.3 is 10.2 Å². The molecule has 8 nitrogen and oxygen atoms in total. The van der Waals surface area contributed by atoms with Crippen molar-refractivity contribution < 1.29 is 14.4 Å². The van der Waals surface area contributed by atoms with Crippen molar-refractivity contribution in [3.63, 3.8) is 0 Å². The number of nitrogens with zero attached hydrogens (tertiary/aromatic N) is 3. The minimum Gasteiger partial charge on any atom is -0.348 e. The summed E-state index contributed by atoms with van der Waals surface area (Å²) in [5.74, 6) is -0.494. The molecule has 0 spiro atoms. The second-order valence-electron chi connectivity index (χ2n) is 5.85. The third-order valence-corrected chi connectivity index (χ3v) is 4.17. The molecule has 0 aromatic carbocycles. The predicted molar refractivity (Wildman–Crippen MR) is 86.1 cm³/mol. The number of hydrazone groups is 1. The molecular weight excluding hydrogens is 310 g/mol. The Morgan fingerprint density at radius 3 is 2.62 bits per heavy atom. The molecule has 0 bridgehead atoms. The Bertz CT molecular complexity index is 666. The Hall–Kier alpha value is -2.77. The fraction of sp³-hybridized carbons (Fsp3) is 0.438. The maximum absolute atomic E-state index is 12.4. The molecule has 2 aliphatic heterocycles. The van der Waals surface area contributed by atoms with Gasteiger partial charge in [-0.3, -0.25) is 19.4 Å².